The molecule has 1 fully saturated rings. The molecule has 0 amide bonds. The summed E-state index contributed by atoms with van der Waals surface area (Å²) < 4.78 is 7.31. The Morgan fingerprint density at radius 2 is 1.68 bits per heavy atom. The van der Waals surface area contributed by atoms with Gasteiger partial charge in [-0.25, -0.2) is 4.68 Å². The number of hydrogen-bond acceptors (Lipinski definition) is 7. The molecule has 3 heterocycles. The van der Waals surface area contributed by atoms with Crippen LogP contribution < -0.4 is 9.64 Å². The largest absolute Gasteiger partial charge is 0.497 e. The lowest BCUT2D eigenvalue weighted by Crippen LogP contribution is -2.48. The fraction of sp³-hybridized carbons (Fsp3) is 0.267. The maximum Gasteiger partial charge on any atom is 0.173 e. The van der Waals surface area contributed by atoms with Crippen LogP contribution in [0.3, 0.4) is 0 Å². The molecule has 0 bridgehead atoms. The van der Waals surface area contributed by atoms with Gasteiger partial charge >= 0.3 is 0 Å². The Labute approximate surface area is 222 Å². The molecule has 8 heteroatoms. The zero-order valence-electron chi connectivity index (χ0n) is 21.5. The molecule has 38 heavy (non-hydrogen) atoms. The molecule has 1 aliphatic rings. The highest BCUT2D eigenvalue weighted by molar-refractivity contribution is 5.79. The minimum absolute atomic E-state index is 0.0524. The summed E-state index contributed by atoms with van der Waals surface area (Å²) in [4.78, 5) is 9.45. The lowest BCUT2D eigenvalue weighted by atomic mass is 10.0. The normalized spacial score (nSPS) is 15.0. The summed E-state index contributed by atoms with van der Waals surface area (Å²) >= 11 is 0. The van der Waals surface area contributed by atoms with Gasteiger partial charge in [0.1, 0.15) is 5.75 Å². The number of tetrazole rings is 1. The summed E-state index contributed by atoms with van der Waals surface area (Å²) in [6, 6.07) is 29.4. The first-order valence-corrected chi connectivity index (χ1v) is 13.1. The molecule has 1 aliphatic heterocycles. The van der Waals surface area contributed by atoms with Crippen LogP contribution in [0.2, 0.25) is 0 Å². The van der Waals surface area contributed by atoms with Crippen molar-refractivity contribution < 1.29 is 4.74 Å². The SMILES string of the molecule is COc1ccc(N2CCN(C(c3ccc4ncccc4c3)c3nnnn3CCc3ccccc3)CC2)cc1. The van der Waals surface area contributed by atoms with E-state index in [0.717, 1.165) is 61.6 Å². The van der Waals surface area contributed by atoms with Crippen LogP contribution in [0.5, 0.6) is 5.75 Å². The number of rotatable bonds is 8. The monoisotopic (exact) mass is 505 g/mol. The van der Waals surface area contributed by atoms with Crippen LogP contribution in [0.4, 0.5) is 5.69 Å². The van der Waals surface area contributed by atoms with Crippen molar-refractivity contribution in [3.63, 3.8) is 0 Å². The fourth-order valence-corrected chi connectivity index (χ4v) is 5.27. The van der Waals surface area contributed by atoms with E-state index in [4.69, 9.17) is 4.74 Å². The molecule has 8 nitrogen and oxygen atoms in total. The number of aromatic nitrogens is 5. The molecule has 6 rings (SSSR count). The van der Waals surface area contributed by atoms with Crippen molar-refractivity contribution in [2.24, 2.45) is 0 Å². The van der Waals surface area contributed by atoms with Gasteiger partial charge in [-0.3, -0.25) is 9.88 Å². The number of ether oxygens (including phenoxy) is 1. The Morgan fingerprint density at radius 3 is 2.47 bits per heavy atom. The van der Waals surface area contributed by atoms with Gasteiger partial charge in [-0.1, -0.05) is 42.5 Å². The van der Waals surface area contributed by atoms with E-state index in [2.05, 4.69) is 91.0 Å². The molecule has 0 aliphatic carbocycles. The van der Waals surface area contributed by atoms with Gasteiger partial charge in [-0.2, -0.15) is 0 Å². The average Bonchev–Trinajstić information content (AvgIpc) is 3.45. The van der Waals surface area contributed by atoms with Gasteiger partial charge in [0.25, 0.3) is 0 Å². The number of hydrogen-bond donors (Lipinski definition) is 0. The van der Waals surface area contributed by atoms with Crippen molar-refractivity contribution in [1.82, 2.24) is 30.1 Å². The number of nitrogens with zero attached hydrogens (tertiary/aromatic N) is 7. The molecule has 0 radical (unpaired) electrons. The van der Waals surface area contributed by atoms with Gasteiger partial charge in [0.05, 0.1) is 18.7 Å². The van der Waals surface area contributed by atoms with E-state index in [0.29, 0.717) is 0 Å². The summed E-state index contributed by atoms with van der Waals surface area (Å²) in [7, 11) is 1.70. The van der Waals surface area contributed by atoms with Crippen LogP contribution in [-0.2, 0) is 13.0 Å². The van der Waals surface area contributed by atoms with E-state index in [1.165, 1.54) is 16.8 Å². The molecule has 2 aromatic heterocycles. The van der Waals surface area contributed by atoms with Gasteiger partial charge < -0.3 is 9.64 Å². The number of methoxy groups -OCH3 is 1. The lowest BCUT2D eigenvalue weighted by molar-refractivity contribution is 0.200. The van der Waals surface area contributed by atoms with E-state index in [1.807, 2.05) is 35.1 Å². The van der Waals surface area contributed by atoms with Crippen molar-refractivity contribution in [2.75, 3.05) is 38.2 Å². The predicted molar refractivity (Wildman–Crippen MR) is 148 cm³/mol. The molecule has 0 spiro atoms. The minimum Gasteiger partial charge on any atom is -0.497 e. The van der Waals surface area contributed by atoms with Crippen LogP contribution in [0, 0.1) is 0 Å². The third kappa shape index (κ3) is 5.08. The van der Waals surface area contributed by atoms with Crippen molar-refractivity contribution in [1.29, 1.82) is 0 Å². The van der Waals surface area contributed by atoms with Gasteiger partial charge in [-0.15, -0.1) is 5.10 Å². The zero-order chi connectivity index (χ0) is 25.7. The van der Waals surface area contributed by atoms with E-state index in [1.54, 1.807) is 7.11 Å². The highest BCUT2D eigenvalue weighted by atomic mass is 16.5. The first-order chi connectivity index (χ1) is 18.8. The molecule has 0 saturated carbocycles. The molecular weight excluding hydrogens is 474 g/mol. The maximum absolute atomic E-state index is 5.33. The highest BCUT2D eigenvalue weighted by Crippen LogP contribution is 2.31. The summed E-state index contributed by atoms with van der Waals surface area (Å²) in [6.45, 7) is 4.36. The average molecular weight is 506 g/mol. The Morgan fingerprint density at radius 1 is 0.868 bits per heavy atom. The smallest absolute Gasteiger partial charge is 0.173 e. The lowest BCUT2D eigenvalue weighted by Gasteiger charge is -2.40. The fourth-order valence-electron chi connectivity index (χ4n) is 5.27. The number of fused-ring (bicyclic) bond motifs is 1. The number of pyridine rings is 1. The molecular formula is C30H31N7O. The summed E-state index contributed by atoms with van der Waals surface area (Å²) in [5.41, 5.74) is 4.66. The molecule has 192 valence electrons. The van der Waals surface area contributed by atoms with Gasteiger partial charge in [0.2, 0.25) is 0 Å². The summed E-state index contributed by atoms with van der Waals surface area (Å²) in [5, 5.41) is 14.2. The van der Waals surface area contributed by atoms with E-state index in [9.17, 15) is 0 Å². The molecule has 1 saturated heterocycles. The second-order valence-corrected chi connectivity index (χ2v) is 9.57. The summed E-state index contributed by atoms with van der Waals surface area (Å²) in [5.74, 6) is 1.75. The third-order valence-electron chi connectivity index (χ3n) is 7.32. The van der Waals surface area contributed by atoms with Crippen molar-refractivity contribution in [2.45, 2.75) is 19.0 Å². The van der Waals surface area contributed by atoms with Crippen LogP contribution in [-0.4, -0.2) is 63.4 Å². The van der Waals surface area contributed by atoms with Crippen LogP contribution in [0.25, 0.3) is 10.9 Å². The quantitative estimate of drug-likeness (QED) is 0.310. The second kappa shape index (κ2) is 11.0. The topological polar surface area (TPSA) is 72.2 Å². The minimum atomic E-state index is -0.0524. The number of benzene rings is 3. The molecule has 1 unspecified atom stereocenters. The Balaban J connectivity index is 1.28. The first-order valence-electron chi connectivity index (χ1n) is 13.1. The van der Waals surface area contributed by atoms with Gasteiger partial charge in [0.15, 0.2) is 5.82 Å². The predicted octanol–water partition coefficient (Wildman–Crippen LogP) is 4.38. The van der Waals surface area contributed by atoms with Crippen molar-refractivity contribution >= 4 is 16.6 Å². The molecule has 1 atom stereocenters. The van der Waals surface area contributed by atoms with Crippen molar-refractivity contribution in [3.05, 3.63) is 108 Å². The Bertz CT molecular complexity index is 1480. The molecule has 0 N–H and O–H groups in total. The highest BCUT2D eigenvalue weighted by Gasteiger charge is 2.31. The van der Waals surface area contributed by atoms with E-state index in [-0.39, 0.29) is 6.04 Å². The number of piperazine rings is 1. The van der Waals surface area contributed by atoms with Crippen LogP contribution in [0.1, 0.15) is 23.0 Å². The third-order valence-corrected chi connectivity index (χ3v) is 7.32. The van der Waals surface area contributed by atoms with Crippen LogP contribution in [0.15, 0.2) is 91.1 Å². The Hall–Kier alpha value is -4.30. The number of aryl methyl sites for hydroxylation is 2. The standard InChI is InChI=1S/C30H31N7O/c1-38-27-12-10-26(11-13-27)35-18-20-36(21-19-35)29(25-9-14-28-24(22-25)8-5-16-31-28)30-32-33-34-37(30)17-15-23-6-3-2-4-7-23/h2-14,16,22,29H,15,17-21H2,1H3. The zero-order valence-corrected chi connectivity index (χ0v) is 21.5. The van der Waals surface area contributed by atoms with Crippen molar-refractivity contribution in [3.8, 4) is 5.75 Å². The molecule has 5 aromatic rings. The van der Waals surface area contributed by atoms with Crippen LogP contribution >= 0.6 is 0 Å². The summed E-state index contributed by atoms with van der Waals surface area (Å²) in [6.07, 6.45) is 2.71. The van der Waals surface area contributed by atoms with Gasteiger partial charge in [0, 0.05) is 50.0 Å². The van der Waals surface area contributed by atoms with Gasteiger partial charge in [-0.05, 0) is 70.4 Å². The van der Waals surface area contributed by atoms with E-state index < -0.39 is 0 Å². The number of anilines is 1. The Kier molecular flexibility index (Phi) is 6.95. The first kappa shape index (κ1) is 24.1. The van der Waals surface area contributed by atoms with E-state index >= 15 is 0 Å². The second-order valence-electron chi connectivity index (χ2n) is 9.57. The molecule has 3 aromatic carbocycles. The maximum atomic E-state index is 5.33.